The Bertz CT molecular complexity index is 454. The van der Waals surface area contributed by atoms with Gasteiger partial charge in [-0.05, 0) is 36.6 Å². The molecule has 0 aliphatic carbocycles. The van der Waals surface area contributed by atoms with Gasteiger partial charge in [-0.2, -0.15) is 0 Å². The van der Waals surface area contributed by atoms with Crippen molar-refractivity contribution < 1.29 is 4.74 Å². The third kappa shape index (κ3) is 3.05. The van der Waals surface area contributed by atoms with E-state index >= 15 is 0 Å². The lowest BCUT2D eigenvalue weighted by Crippen LogP contribution is -2.38. The molecule has 1 saturated heterocycles. The number of fused-ring (bicyclic) bond motifs is 1. The fraction of sp³-hybridized carbons (Fsp3) is 0.647. The summed E-state index contributed by atoms with van der Waals surface area (Å²) in [7, 11) is 0. The van der Waals surface area contributed by atoms with E-state index in [1.807, 2.05) is 0 Å². The molecular formula is C17H26N2O. The average Bonchev–Trinajstić information content (AvgIpc) is 2.47. The van der Waals surface area contributed by atoms with E-state index < -0.39 is 0 Å². The van der Waals surface area contributed by atoms with E-state index in [4.69, 9.17) is 4.74 Å². The molecule has 0 amide bonds. The highest BCUT2D eigenvalue weighted by molar-refractivity contribution is 5.34. The average molecular weight is 274 g/mol. The van der Waals surface area contributed by atoms with Crippen molar-refractivity contribution in [3.63, 3.8) is 0 Å². The van der Waals surface area contributed by atoms with Crippen molar-refractivity contribution >= 4 is 0 Å². The molecule has 110 valence electrons. The first-order chi connectivity index (χ1) is 9.76. The molecule has 1 atom stereocenters. The smallest absolute Gasteiger partial charge is 0.0594 e. The topological polar surface area (TPSA) is 15.7 Å². The Kier molecular flexibility index (Phi) is 4.39. The normalized spacial score (nSPS) is 24.6. The fourth-order valence-corrected chi connectivity index (χ4v) is 3.38. The molecule has 2 heterocycles. The molecule has 2 aliphatic rings. The van der Waals surface area contributed by atoms with Crippen LogP contribution in [0.15, 0.2) is 18.2 Å². The second kappa shape index (κ2) is 6.25. The highest BCUT2D eigenvalue weighted by atomic mass is 16.5. The number of morpholine rings is 1. The summed E-state index contributed by atoms with van der Waals surface area (Å²) in [5.41, 5.74) is 4.55. The number of hydrogen-bond acceptors (Lipinski definition) is 3. The van der Waals surface area contributed by atoms with Gasteiger partial charge in [-0.1, -0.05) is 25.1 Å². The number of likely N-dealkylation sites (N-methyl/N-ethyl adjacent to an activating group) is 1. The summed E-state index contributed by atoms with van der Waals surface area (Å²) >= 11 is 0. The predicted molar refractivity (Wildman–Crippen MR) is 81.8 cm³/mol. The van der Waals surface area contributed by atoms with E-state index in [-0.39, 0.29) is 0 Å². The Hall–Kier alpha value is -0.900. The lowest BCUT2D eigenvalue weighted by Gasteiger charge is -2.34. The third-order valence-corrected chi connectivity index (χ3v) is 4.70. The molecule has 1 fully saturated rings. The Morgan fingerprint density at radius 3 is 2.75 bits per heavy atom. The van der Waals surface area contributed by atoms with Gasteiger partial charge in [0.25, 0.3) is 0 Å². The fourth-order valence-electron chi connectivity index (χ4n) is 3.38. The summed E-state index contributed by atoms with van der Waals surface area (Å²) in [6, 6.07) is 7.78. The molecule has 0 spiro atoms. The van der Waals surface area contributed by atoms with Gasteiger partial charge in [-0.25, -0.2) is 0 Å². The standard InChI is InChI=1S/C17H26N2O/c1-3-19-13-16-5-4-15(11-17(16)10-14(19)2)12-18-6-8-20-9-7-18/h4-5,11,14H,3,6-10,12-13H2,1-2H3. The summed E-state index contributed by atoms with van der Waals surface area (Å²) in [4.78, 5) is 5.06. The first-order valence-corrected chi connectivity index (χ1v) is 7.91. The van der Waals surface area contributed by atoms with Gasteiger partial charge in [0, 0.05) is 32.2 Å². The minimum atomic E-state index is 0.672. The zero-order valence-corrected chi connectivity index (χ0v) is 12.8. The Labute approximate surface area is 122 Å². The van der Waals surface area contributed by atoms with Crippen LogP contribution in [0.1, 0.15) is 30.5 Å². The van der Waals surface area contributed by atoms with Crippen LogP contribution in [-0.2, 0) is 24.2 Å². The van der Waals surface area contributed by atoms with Crippen molar-refractivity contribution in [2.24, 2.45) is 0 Å². The van der Waals surface area contributed by atoms with E-state index in [1.54, 1.807) is 5.56 Å². The molecule has 3 rings (SSSR count). The number of benzene rings is 1. The van der Waals surface area contributed by atoms with Crippen LogP contribution >= 0.6 is 0 Å². The van der Waals surface area contributed by atoms with Gasteiger partial charge in [0.1, 0.15) is 0 Å². The molecule has 0 saturated carbocycles. The summed E-state index contributed by atoms with van der Waals surface area (Å²) in [5, 5.41) is 0. The molecule has 0 radical (unpaired) electrons. The molecule has 3 heteroatoms. The molecule has 1 aromatic rings. The highest BCUT2D eigenvalue weighted by Gasteiger charge is 2.21. The third-order valence-electron chi connectivity index (χ3n) is 4.70. The Morgan fingerprint density at radius 2 is 2.00 bits per heavy atom. The van der Waals surface area contributed by atoms with Crippen LogP contribution in [-0.4, -0.2) is 48.7 Å². The summed E-state index contributed by atoms with van der Waals surface area (Å²) in [5.74, 6) is 0. The SMILES string of the molecule is CCN1Cc2ccc(CN3CCOCC3)cc2CC1C. The lowest BCUT2D eigenvalue weighted by molar-refractivity contribution is 0.0341. The zero-order valence-electron chi connectivity index (χ0n) is 12.8. The minimum Gasteiger partial charge on any atom is -0.379 e. The minimum absolute atomic E-state index is 0.672. The molecule has 0 bridgehead atoms. The van der Waals surface area contributed by atoms with Crippen molar-refractivity contribution in [3.05, 3.63) is 34.9 Å². The Morgan fingerprint density at radius 1 is 1.20 bits per heavy atom. The zero-order chi connectivity index (χ0) is 13.9. The van der Waals surface area contributed by atoms with Gasteiger partial charge >= 0.3 is 0 Å². The van der Waals surface area contributed by atoms with Crippen molar-refractivity contribution in [1.29, 1.82) is 0 Å². The van der Waals surface area contributed by atoms with E-state index in [2.05, 4.69) is 41.8 Å². The molecule has 1 aromatic carbocycles. The molecule has 1 unspecified atom stereocenters. The van der Waals surface area contributed by atoms with Gasteiger partial charge in [-0.15, -0.1) is 0 Å². The number of ether oxygens (including phenoxy) is 1. The van der Waals surface area contributed by atoms with Crippen LogP contribution in [0.25, 0.3) is 0 Å². The van der Waals surface area contributed by atoms with Crippen LogP contribution in [0.5, 0.6) is 0 Å². The summed E-state index contributed by atoms with van der Waals surface area (Å²) in [6.45, 7) is 11.8. The van der Waals surface area contributed by atoms with Crippen LogP contribution in [0.3, 0.4) is 0 Å². The van der Waals surface area contributed by atoms with E-state index in [0.29, 0.717) is 6.04 Å². The van der Waals surface area contributed by atoms with E-state index in [1.165, 1.54) is 17.5 Å². The molecule has 20 heavy (non-hydrogen) atoms. The van der Waals surface area contributed by atoms with Gasteiger partial charge in [0.2, 0.25) is 0 Å². The van der Waals surface area contributed by atoms with Gasteiger partial charge in [0.05, 0.1) is 13.2 Å². The molecule has 0 aromatic heterocycles. The maximum atomic E-state index is 5.42. The van der Waals surface area contributed by atoms with Gasteiger partial charge < -0.3 is 4.74 Å². The van der Waals surface area contributed by atoms with Gasteiger partial charge in [0.15, 0.2) is 0 Å². The molecule has 0 N–H and O–H groups in total. The van der Waals surface area contributed by atoms with E-state index in [9.17, 15) is 0 Å². The highest BCUT2D eigenvalue weighted by Crippen LogP contribution is 2.24. The van der Waals surface area contributed by atoms with Crippen molar-refractivity contribution in [2.75, 3.05) is 32.8 Å². The summed E-state index contributed by atoms with van der Waals surface area (Å²) < 4.78 is 5.42. The Balaban J connectivity index is 1.71. The number of nitrogens with zero attached hydrogens (tertiary/aromatic N) is 2. The van der Waals surface area contributed by atoms with Crippen LogP contribution in [0, 0.1) is 0 Å². The maximum Gasteiger partial charge on any atom is 0.0594 e. The quantitative estimate of drug-likeness (QED) is 0.841. The van der Waals surface area contributed by atoms with Crippen LogP contribution in [0.4, 0.5) is 0 Å². The van der Waals surface area contributed by atoms with Crippen LogP contribution < -0.4 is 0 Å². The van der Waals surface area contributed by atoms with Crippen molar-refractivity contribution in [3.8, 4) is 0 Å². The summed E-state index contributed by atoms with van der Waals surface area (Å²) in [6.07, 6.45) is 1.19. The first kappa shape index (κ1) is 14.1. The number of rotatable bonds is 3. The second-order valence-corrected chi connectivity index (χ2v) is 6.11. The second-order valence-electron chi connectivity index (χ2n) is 6.11. The first-order valence-electron chi connectivity index (χ1n) is 7.91. The van der Waals surface area contributed by atoms with Crippen molar-refractivity contribution in [2.45, 2.75) is 39.4 Å². The maximum absolute atomic E-state index is 5.42. The lowest BCUT2D eigenvalue weighted by atomic mass is 9.93. The van der Waals surface area contributed by atoms with Gasteiger partial charge in [-0.3, -0.25) is 9.80 Å². The molecule has 3 nitrogen and oxygen atoms in total. The largest absolute Gasteiger partial charge is 0.379 e. The number of hydrogen-bond donors (Lipinski definition) is 0. The molecular weight excluding hydrogens is 248 g/mol. The van der Waals surface area contributed by atoms with Crippen LogP contribution in [0.2, 0.25) is 0 Å². The van der Waals surface area contributed by atoms with Crippen molar-refractivity contribution in [1.82, 2.24) is 9.80 Å². The molecule has 2 aliphatic heterocycles. The monoisotopic (exact) mass is 274 g/mol. The predicted octanol–water partition coefficient (Wildman–Crippen LogP) is 2.29. The van der Waals surface area contributed by atoms with E-state index in [0.717, 1.165) is 45.9 Å².